The van der Waals surface area contributed by atoms with Crippen LogP contribution in [0.5, 0.6) is 0 Å². The third kappa shape index (κ3) is 2.29. The molecule has 6 heteroatoms. The number of hydrogen-bond acceptors (Lipinski definition) is 4. The molecule has 0 radical (unpaired) electrons. The van der Waals surface area contributed by atoms with Crippen LogP contribution in [0.3, 0.4) is 0 Å². The van der Waals surface area contributed by atoms with E-state index in [9.17, 15) is 9.18 Å². The van der Waals surface area contributed by atoms with Crippen LogP contribution in [0.1, 0.15) is 10.5 Å². The Morgan fingerprint density at radius 3 is 2.88 bits per heavy atom. The lowest BCUT2D eigenvalue weighted by molar-refractivity contribution is 0.0589. The van der Waals surface area contributed by atoms with Gasteiger partial charge in [-0.05, 0) is 18.2 Å². The first-order chi connectivity index (χ1) is 8.11. The summed E-state index contributed by atoms with van der Waals surface area (Å²) in [5.41, 5.74) is 0.161. The molecule has 0 saturated heterocycles. The van der Waals surface area contributed by atoms with Crippen LogP contribution >= 0.6 is 11.6 Å². The highest BCUT2D eigenvalue weighted by Crippen LogP contribution is 2.26. The van der Waals surface area contributed by atoms with Crippen LogP contribution in [-0.4, -0.2) is 18.2 Å². The fourth-order valence-corrected chi connectivity index (χ4v) is 1.45. The van der Waals surface area contributed by atoms with E-state index in [-0.39, 0.29) is 22.0 Å². The van der Waals surface area contributed by atoms with Crippen molar-refractivity contribution in [1.29, 1.82) is 0 Å². The van der Waals surface area contributed by atoms with Gasteiger partial charge in [0.1, 0.15) is 5.82 Å². The van der Waals surface area contributed by atoms with Crippen molar-refractivity contribution in [2.45, 2.75) is 0 Å². The quantitative estimate of drug-likeness (QED) is 0.774. The molecule has 4 nitrogen and oxygen atoms in total. The van der Waals surface area contributed by atoms with Crippen molar-refractivity contribution in [1.82, 2.24) is 5.16 Å². The maximum atomic E-state index is 13.5. The van der Waals surface area contributed by atoms with Crippen molar-refractivity contribution in [2.75, 3.05) is 7.11 Å². The average molecular weight is 256 g/mol. The molecule has 0 atom stereocenters. The van der Waals surface area contributed by atoms with E-state index >= 15 is 0 Å². The molecule has 0 unspecified atom stereocenters. The Hall–Kier alpha value is -1.88. The summed E-state index contributed by atoms with van der Waals surface area (Å²) in [7, 11) is 1.22. The minimum absolute atomic E-state index is 0.0168. The minimum Gasteiger partial charge on any atom is -0.464 e. The Morgan fingerprint density at radius 2 is 2.24 bits per heavy atom. The van der Waals surface area contributed by atoms with E-state index in [1.807, 2.05) is 0 Å². The van der Waals surface area contributed by atoms with E-state index in [0.29, 0.717) is 0 Å². The summed E-state index contributed by atoms with van der Waals surface area (Å²) in [6, 6.07) is 5.41. The second kappa shape index (κ2) is 4.55. The maximum absolute atomic E-state index is 13.5. The van der Waals surface area contributed by atoms with Crippen LogP contribution in [0.2, 0.25) is 5.02 Å². The van der Waals surface area contributed by atoms with E-state index in [4.69, 9.17) is 16.1 Å². The molecule has 0 N–H and O–H groups in total. The molecule has 2 rings (SSSR count). The van der Waals surface area contributed by atoms with Crippen molar-refractivity contribution in [3.8, 4) is 11.3 Å². The molecule has 17 heavy (non-hydrogen) atoms. The summed E-state index contributed by atoms with van der Waals surface area (Å²) < 4.78 is 22.9. The van der Waals surface area contributed by atoms with E-state index in [0.717, 1.165) is 6.07 Å². The van der Waals surface area contributed by atoms with Crippen molar-refractivity contribution >= 4 is 17.6 Å². The third-order valence-electron chi connectivity index (χ3n) is 2.10. The second-order valence-corrected chi connectivity index (χ2v) is 3.63. The topological polar surface area (TPSA) is 52.3 Å². The first kappa shape index (κ1) is 11.6. The maximum Gasteiger partial charge on any atom is 0.360 e. The smallest absolute Gasteiger partial charge is 0.360 e. The molecule has 0 aliphatic rings. The van der Waals surface area contributed by atoms with Gasteiger partial charge in [0.15, 0.2) is 11.5 Å². The molecule has 0 spiro atoms. The van der Waals surface area contributed by atoms with Gasteiger partial charge in [0, 0.05) is 11.1 Å². The molecule has 2 aromatic rings. The van der Waals surface area contributed by atoms with Crippen LogP contribution in [0, 0.1) is 5.82 Å². The van der Waals surface area contributed by atoms with Crippen LogP contribution in [0.4, 0.5) is 4.39 Å². The summed E-state index contributed by atoms with van der Waals surface area (Å²) >= 11 is 5.62. The zero-order valence-electron chi connectivity index (χ0n) is 8.74. The highest BCUT2D eigenvalue weighted by molar-refractivity contribution is 6.30. The fraction of sp³-hybridized carbons (Fsp3) is 0.0909. The number of rotatable bonds is 2. The molecule has 0 aliphatic carbocycles. The Bertz CT molecular complexity index is 568. The molecule has 1 aromatic carbocycles. The van der Waals surface area contributed by atoms with Crippen molar-refractivity contribution < 1.29 is 18.4 Å². The first-order valence-electron chi connectivity index (χ1n) is 4.62. The standard InChI is InChI=1S/C11H7ClFNO3/c1-16-11(15)9-5-10(17-14-9)7-3-2-6(12)4-8(7)13/h2-5H,1H3. The van der Waals surface area contributed by atoms with Gasteiger partial charge >= 0.3 is 5.97 Å². The predicted octanol–water partition coefficient (Wildman–Crippen LogP) is 2.92. The molecule has 1 aromatic heterocycles. The Morgan fingerprint density at radius 1 is 1.47 bits per heavy atom. The van der Waals surface area contributed by atoms with Gasteiger partial charge in [0.2, 0.25) is 0 Å². The van der Waals surface area contributed by atoms with Gasteiger partial charge in [-0.2, -0.15) is 0 Å². The Labute approximate surface area is 101 Å². The van der Waals surface area contributed by atoms with Gasteiger partial charge in [0.25, 0.3) is 0 Å². The van der Waals surface area contributed by atoms with E-state index in [1.54, 1.807) is 0 Å². The lowest BCUT2D eigenvalue weighted by Crippen LogP contribution is -2.00. The molecule has 0 bridgehead atoms. The van der Waals surface area contributed by atoms with E-state index < -0.39 is 11.8 Å². The van der Waals surface area contributed by atoms with Gasteiger partial charge in [-0.25, -0.2) is 9.18 Å². The molecular formula is C11H7ClFNO3. The monoisotopic (exact) mass is 255 g/mol. The Kier molecular flexibility index (Phi) is 3.10. The van der Waals surface area contributed by atoms with E-state index in [2.05, 4.69) is 9.89 Å². The summed E-state index contributed by atoms with van der Waals surface area (Å²) in [4.78, 5) is 11.1. The minimum atomic E-state index is -0.644. The number of carbonyl (C=O) groups excluding carboxylic acids is 1. The largest absolute Gasteiger partial charge is 0.464 e. The second-order valence-electron chi connectivity index (χ2n) is 3.19. The molecule has 0 amide bonds. The predicted molar refractivity (Wildman–Crippen MR) is 58.2 cm³/mol. The highest BCUT2D eigenvalue weighted by Gasteiger charge is 2.16. The van der Waals surface area contributed by atoms with Crippen LogP contribution < -0.4 is 0 Å². The lowest BCUT2D eigenvalue weighted by atomic mass is 10.1. The molecule has 0 fully saturated rings. The number of esters is 1. The number of methoxy groups -OCH3 is 1. The van der Waals surface area contributed by atoms with Gasteiger partial charge in [-0.3, -0.25) is 0 Å². The molecule has 0 saturated carbocycles. The third-order valence-corrected chi connectivity index (χ3v) is 2.34. The number of ether oxygens (including phenoxy) is 1. The summed E-state index contributed by atoms with van der Waals surface area (Å²) in [6.07, 6.45) is 0. The normalized spacial score (nSPS) is 10.3. The van der Waals surface area contributed by atoms with Crippen molar-refractivity contribution in [2.24, 2.45) is 0 Å². The Balaban J connectivity index is 2.40. The molecular weight excluding hydrogens is 249 g/mol. The summed E-state index contributed by atoms with van der Waals surface area (Å²) in [6.45, 7) is 0. The van der Waals surface area contributed by atoms with Crippen LogP contribution in [0.25, 0.3) is 11.3 Å². The average Bonchev–Trinajstić information content (AvgIpc) is 2.77. The van der Waals surface area contributed by atoms with Gasteiger partial charge in [-0.1, -0.05) is 16.8 Å². The number of halogens is 2. The zero-order valence-corrected chi connectivity index (χ0v) is 9.49. The highest BCUT2D eigenvalue weighted by atomic mass is 35.5. The molecule has 88 valence electrons. The summed E-state index contributed by atoms with van der Waals surface area (Å²) in [5, 5.41) is 3.75. The van der Waals surface area contributed by atoms with Crippen LogP contribution in [-0.2, 0) is 4.74 Å². The van der Waals surface area contributed by atoms with Gasteiger partial charge in [-0.15, -0.1) is 0 Å². The summed E-state index contributed by atoms with van der Waals surface area (Å²) in [5.74, 6) is -1.06. The zero-order chi connectivity index (χ0) is 12.4. The van der Waals surface area contributed by atoms with Crippen molar-refractivity contribution in [3.63, 3.8) is 0 Å². The van der Waals surface area contributed by atoms with Gasteiger partial charge in [0.05, 0.1) is 12.7 Å². The number of benzene rings is 1. The number of aromatic nitrogens is 1. The van der Waals surface area contributed by atoms with Crippen molar-refractivity contribution in [3.05, 3.63) is 40.8 Å². The van der Waals surface area contributed by atoms with Crippen LogP contribution in [0.15, 0.2) is 28.8 Å². The first-order valence-corrected chi connectivity index (χ1v) is 5.00. The van der Waals surface area contributed by atoms with E-state index in [1.165, 1.54) is 25.3 Å². The number of carbonyl (C=O) groups is 1. The molecule has 0 aliphatic heterocycles. The number of hydrogen-bond donors (Lipinski definition) is 0. The molecule has 1 heterocycles. The lowest BCUT2D eigenvalue weighted by Gasteiger charge is -1.97. The van der Waals surface area contributed by atoms with Gasteiger partial charge < -0.3 is 9.26 Å². The SMILES string of the molecule is COC(=O)c1cc(-c2ccc(Cl)cc2F)on1. The fourth-order valence-electron chi connectivity index (χ4n) is 1.29. The number of nitrogens with zero attached hydrogens (tertiary/aromatic N) is 1.